The van der Waals surface area contributed by atoms with E-state index in [9.17, 15) is 0 Å². The summed E-state index contributed by atoms with van der Waals surface area (Å²) in [5, 5.41) is 16.9. The Morgan fingerprint density at radius 2 is 2.14 bits per heavy atom. The Labute approximate surface area is 88.2 Å². The van der Waals surface area contributed by atoms with Crippen molar-refractivity contribution in [3.63, 3.8) is 0 Å². The molecular weight excluding hydrogens is 200 g/mol. The van der Waals surface area contributed by atoms with Crippen molar-refractivity contribution in [2.75, 3.05) is 0 Å². The van der Waals surface area contributed by atoms with E-state index in [0.29, 0.717) is 5.02 Å². The quantitative estimate of drug-likeness (QED) is 0.401. The second kappa shape index (κ2) is 3.98. The van der Waals surface area contributed by atoms with E-state index in [1.54, 1.807) is 12.1 Å². The van der Waals surface area contributed by atoms with Crippen molar-refractivity contribution in [3.8, 4) is 0 Å². The van der Waals surface area contributed by atoms with Crippen LogP contribution in [0.5, 0.6) is 0 Å². The van der Waals surface area contributed by atoms with E-state index in [2.05, 4.69) is 0 Å². The standard InChI is InChI=1S/C10H13ClN2O/c1-10(2,9(12)13-14)7-4-3-5-8(11)6-7/h3-6,14H,1-2H3,(H2,12,13). The van der Waals surface area contributed by atoms with Gasteiger partial charge in [0.15, 0.2) is 0 Å². The van der Waals surface area contributed by atoms with Gasteiger partial charge in [-0.1, -0.05) is 23.7 Å². The van der Waals surface area contributed by atoms with Gasteiger partial charge in [-0.2, -0.15) is 0 Å². The van der Waals surface area contributed by atoms with Gasteiger partial charge in [-0.25, -0.2) is 0 Å². The molecule has 4 heteroatoms. The average Bonchev–Trinajstić information content (AvgIpc) is 2.16. The molecule has 3 nitrogen and oxygen atoms in total. The molecule has 0 heterocycles. The first-order valence-electron chi connectivity index (χ1n) is 4.23. The SMILES string of the molecule is CC(C)(C(=N)NO)c1cccc(Cl)c1. The van der Waals surface area contributed by atoms with E-state index >= 15 is 0 Å². The molecular formula is C10H13ClN2O. The van der Waals surface area contributed by atoms with E-state index in [1.165, 1.54) is 0 Å². The molecule has 0 atom stereocenters. The molecule has 1 aromatic rings. The summed E-state index contributed by atoms with van der Waals surface area (Å²) in [5.41, 5.74) is 2.18. The number of hydrogen-bond acceptors (Lipinski definition) is 2. The molecule has 0 aromatic heterocycles. The molecule has 1 rings (SSSR count). The van der Waals surface area contributed by atoms with Crippen molar-refractivity contribution in [2.24, 2.45) is 0 Å². The molecule has 0 unspecified atom stereocenters. The minimum Gasteiger partial charge on any atom is -0.290 e. The van der Waals surface area contributed by atoms with Crippen molar-refractivity contribution in [2.45, 2.75) is 19.3 Å². The Morgan fingerprint density at radius 1 is 1.50 bits per heavy atom. The lowest BCUT2D eigenvalue weighted by Gasteiger charge is -2.25. The molecule has 0 saturated heterocycles. The van der Waals surface area contributed by atoms with Gasteiger partial charge in [-0.15, -0.1) is 0 Å². The van der Waals surface area contributed by atoms with Crippen molar-refractivity contribution in [1.29, 1.82) is 5.41 Å². The van der Waals surface area contributed by atoms with Crippen LogP contribution in [0, 0.1) is 5.41 Å². The monoisotopic (exact) mass is 212 g/mol. The molecule has 0 fully saturated rings. The highest BCUT2D eigenvalue weighted by Gasteiger charge is 2.26. The third-order valence-corrected chi connectivity index (χ3v) is 2.52. The highest BCUT2D eigenvalue weighted by molar-refractivity contribution is 6.30. The lowest BCUT2D eigenvalue weighted by molar-refractivity contribution is 0.225. The van der Waals surface area contributed by atoms with Gasteiger partial charge in [0.05, 0.1) is 0 Å². The number of hydroxylamine groups is 1. The number of rotatable bonds is 2. The van der Waals surface area contributed by atoms with E-state index in [-0.39, 0.29) is 5.84 Å². The molecule has 0 aliphatic carbocycles. The van der Waals surface area contributed by atoms with Crippen LogP contribution in [0.4, 0.5) is 0 Å². The zero-order valence-corrected chi connectivity index (χ0v) is 8.89. The lowest BCUT2D eigenvalue weighted by atomic mass is 9.83. The Kier molecular flexibility index (Phi) is 3.13. The van der Waals surface area contributed by atoms with Gasteiger partial charge in [0.1, 0.15) is 5.84 Å². The minimum absolute atomic E-state index is 0.0415. The van der Waals surface area contributed by atoms with Crippen molar-refractivity contribution < 1.29 is 5.21 Å². The summed E-state index contributed by atoms with van der Waals surface area (Å²) in [6.45, 7) is 3.68. The summed E-state index contributed by atoms with van der Waals surface area (Å²) in [4.78, 5) is 0. The topological polar surface area (TPSA) is 56.1 Å². The van der Waals surface area contributed by atoms with Gasteiger partial charge in [-0.05, 0) is 31.5 Å². The summed E-state index contributed by atoms with van der Waals surface area (Å²) in [6, 6.07) is 7.26. The maximum atomic E-state index is 8.69. The van der Waals surface area contributed by atoms with Crippen molar-refractivity contribution >= 4 is 17.4 Å². The molecule has 76 valence electrons. The predicted octanol–water partition coefficient (Wildman–Crippen LogP) is 2.57. The second-order valence-corrected chi connectivity index (χ2v) is 4.06. The fraction of sp³-hybridized carbons (Fsp3) is 0.300. The highest BCUT2D eigenvalue weighted by Crippen LogP contribution is 2.25. The average molecular weight is 213 g/mol. The molecule has 1 aromatic carbocycles. The van der Waals surface area contributed by atoms with Crippen LogP contribution >= 0.6 is 11.6 Å². The van der Waals surface area contributed by atoms with Crippen molar-refractivity contribution in [1.82, 2.24) is 5.48 Å². The number of benzene rings is 1. The smallest absolute Gasteiger partial charge is 0.127 e. The van der Waals surface area contributed by atoms with Gasteiger partial charge in [0.25, 0.3) is 0 Å². The fourth-order valence-corrected chi connectivity index (χ4v) is 1.35. The van der Waals surface area contributed by atoms with Crippen LogP contribution in [-0.4, -0.2) is 11.0 Å². The maximum absolute atomic E-state index is 8.69. The molecule has 0 spiro atoms. The Balaban J connectivity index is 3.09. The number of amidine groups is 1. The van der Waals surface area contributed by atoms with Crippen LogP contribution in [0.3, 0.4) is 0 Å². The number of nitrogens with one attached hydrogen (secondary N) is 2. The normalized spacial score (nSPS) is 11.1. The summed E-state index contributed by atoms with van der Waals surface area (Å²) >= 11 is 5.85. The van der Waals surface area contributed by atoms with Crippen LogP contribution in [0.25, 0.3) is 0 Å². The first-order chi connectivity index (χ1) is 6.48. The molecule has 3 N–H and O–H groups in total. The maximum Gasteiger partial charge on any atom is 0.127 e. The molecule has 0 radical (unpaired) electrons. The van der Waals surface area contributed by atoms with Gasteiger partial charge in [0.2, 0.25) is 0 Å². The summed E-state index contributed by atoms with van der Waals surface area (Å²) in [5.74, 6) is 0.0415. The number of hydrogen-bond donors (Lipinski definition) is 3. The third kappa shape index (κ3) is 2.05. The van der Waals surface area contributed by atoms with Crippen LogP contribution in [0.1, 0.15) is 19.4 Å². The first kappa shape index (κ1) is 11.0. The fourth-order valence-electron chi connectivity index (χ4n) is 1.16. The van der Waals surface area contributed by atoms with Crippen LogP contribution in [0.15, 0.2) is 24.3 Å². The van der Waals surface area contributed by atoms with Gasteiger partial charge >= 0.3 is 0 Å². The Bertz CT molecular complexity index is 350. The summed E-state index contributed by atoms with van der Waals surface area (Å²) in [7, 11) is 0. The zero-order valence-electron chi connectivity index (χ0n) is 8.13. The van der Waals surface area contributed by atoms with E-state index < -0.39 is 5.41 Å². The van der Waals surface area contributed by atoms with Crippen LogP contribution < -0.4 is 5.48 Å². The second-order valence-electron chi connectivity index (χ2n) is 3.62. The third-order valence-electron chi connectivity index (χ3n) is 2.28. The molecule has 0 bridgehead atoms. The zero-order chi connectivity index (χ0) is 10.8. The summed E-state index contributed by atoms with van der Waals surface area (Å²) in [6.07, 6.45) is 0. The van der Waals surface area contributed by atoms with E-state index in [4.69, 9.17) is 22.2 Å². The minimum atomic E-state index is -0.570. The Morgan fingerprint density at radius 3 is 2.64 bits per heavy atom. The van der Waals surface area contributed by atoms with Gasteiger partial charge < -0.3 is 0 Å². The molecule has 0 saturated carbocycles. The molecule has 0 amide bonds. The van der Waals surface area contributed by atoms with Crippen molar-refractivity contribution in [3.05, 3.63) is 34.9 Å². The molecule has 0 aliphatic rings. The molecule has 0 aliphatic heterocycles. The predicted molar refractivity (Wildman–Crippen MR) is 57.1 cm³/mol. The first-order valence-corrected chi connectivity index (χ1v) is 4.61. The van der Waals surface area contributed by atoms with E-state index in [0.717, 1.165) is 5.56 Å². The van der Waals surface area contributed by atoms with Crippen LogP contribution in [-0.2, 0) is 5.41 Å². The van der Waals surface area contributed by atoms with Crippen LogP contribution in [0.2, 0.25) is 5.02 Å². The largest absolute Gasteiger partial charge is 0.290 e. The van der Waals surface area contributed by atoms with Gasteiger partial charge in [-0.3, -0.25) is 16.1 Å². The molecule has 14 heavy (non-hydrogen) atoms. The lowest BCUT2D eigenvalue weighted by Crippen LogP contribution is -2.37. The summed E-state index contributed by atoms with van der Waals surface area (Å²) < 4.78 is 0. The van der Waals surface area contributed by atoms with E-state index in [1.807, 2.05) is 31.5 Å². The van der Waals surface area contributed by atoms with Gasteiger partial charge in [0, 0.05) is 10.4 Å². The Hall–Kier alpha value is -1.06. The highest BCUT2D eigenvalue weighted by atomic mass is 35.5. The number of halogens is 1.